The quantitative estimate of drug-likeness (QED) is 0.150. The monoisotopic (exact) mass is 512 g/mol. The number of thioether (sulfide) groups is 1. The number of amides is 3. The van der Waals surface area contributed by atoms with Gasteiger partial charge in [0.15, 0.2) is 0 Å². The molecule has 0 spiro atoms. The van der Waals surface area contributed by atoms with Crippen molar-refractivity contribution in [1.82, 2.24) is 31.2 Å². The van der Waals surface area contributed by atoms with Crippen molar-refractivity contribution in [3.63, 3.8) is 0 Å². The molecule has 0 aliphatic carbocycles. The molecular weight excluding hydrogens is 480 g/mol. The van der Waals surface area contributed by atoms with E-state index < -0.39 is 54.3 Å². The van der Waals surface area contributed by atoms with E-state index in [1.54, 1.807) is 6.26 Å². The standard InChI is InChI=1S/C21H32N6O7S/c1-35-8-6-15(21(33)34)26-19(31)14(4-5-17(28)29)25-20(32)16(9-12-10-22-11-24-12)27-18(30)13-3-2-7-23-13/h10-11,13-16,23H,2-9H2,1H3,(H,22,24)(H,25,32)(H,26,31)(H,27,30)(H,28,29)(H,33,34). The Hall–Kier alpha value is -3.13. The molecule has 1 aromatic heterocycles. The molecule has 0 radical (unpaired) electrons. The van der Waals surface area contributed by atoms with Crippen molar-refractivity contribution in [3.05, 3.63) is 18.2 Å². The van der Waals surface area contributed by atoms with Gasteiger partial charge in [-0.15, -0.1) is 0 Å². The number of carbonyl (C=O) groups is 5. The predicted octanol–water partition coefficient (Wildman–Crippen LogP) is -1.14. The lowest BCUT2D eigenvalue weighted by Crippen LogP contribution is -2.57. The molecule has 14 heteroatoms. The molecule has 13 nitrogen and oxygen atoms in total. The van der Waals surface area contributed by atoms with Crippen LogP contribution >= 0.6 is 11.8 Å². The van der Waals surface area contributed by atoms with Crippen molar-refractivity contribution < 1.29 is 34.2 Å². The molecule has 4 atom stereocenters. The lowest BCUT2D eigenvalue weighted by Gasteiger charge is -2.25. The number of aromatic nitrogens is 2. The highest BCUT2D eigenvalue weighted by Gasteiger charge is 2.32. The van der Waals surface area contributed by atoms with Crippen molar-refractivity contribution in [2.24, 2.45) is 0 Å². The molecule has 4 unspecified atom stereocenters. The fourth-order valence-electron chi connectivity index (χ4n) is 3.58. The Labute approximate surface area is 206 Å². The molecule has 2 heterocycles. The molecule has 2 rings (SSSR count). The smallest absolute Gasteiger partial charge is 0.326 e. The predicted molar refractivity (Wildman–Crippen MR) is 127 cm³/mol. The molecule has 194 valence electrons. The van der Waals surface area contributed by atoms with Gasteiger partial charge in [0.2, 0.25) is 17.7 Å². The number of carbonyl (C=O) groups excluding carboxylic acids is 3. The number of aromatic amines is 1. The number of rotatable bonds is 15. The zero-order valence-corrected chi connectivity index (χ0v) is 20.2. The number of hydrogen-bond acceptors (Lipinski definition) is 8. The highest BCUT2D eigenvalue weighted by molar-refractivity contribution is 7.98. The molecule has 1 aliphatic rings. The first-order valence-electron chi connectivity index (χ1n) is 11.3. The molecular formula is C21H32N6O7S. The Morgan fingerprint density at radius 3 is 2.37 bits per heavy atom. The summed E-state index contributed by atoms with van der Waals surface area (Å²) in [6, 6.07) is -4.00. The number of imidazole rings is 1. The molecule has 1 aromatic rings. The van der Waals surface area contributed by atoms with E-state index >= 15 is 0 Å². The van der Waals surface area contributed by atoms with Crippen molar-refractivity contribution >= 4 is 41.4 Å². The highest BCUT2D eigenvalue weighted by Crippen LogP contribution is 2.08. The summed E-state index contributed by atoms with van der Waals surface area (Å²) >= 11 is 1.41. The summed E-state index contributed by atoms with van der Waals surface area (Å²) < 4.78 is 0. The summed E-state index contributed by atoms with van der Waals surface area (Å²) in [7, 11) is 0. The van der Waals surface area contributed by atoms with Crippen LogP contribution in [0, 0.1) is 0 Å². The van der Waals surface area contributed by atoms with Gasteiger partial charge in [0, 0.05) is 24.7 Å². The minimum Gasteiger partial charge on any atom is -0.481 e. The van der Waals surface area contributed by atoms with E-state index in [4.69, 9.17) is 5.11 Å². The van der Waals surface area contributed by atoms with Crippen LogP contribution in [0.5, 0.6) is 0 Å². The van der Waals surface area contributed by atoms with Crippen LogP contribution in [0.25, 0.3) is 0 Å². The Bertz CT molecular complexity index is 876. The highest BCUT2D eigenvalue weighted by atomic mass is 32.2. The van der Waals surface area contributed by atoms with Gasteiger partial charge < -0.3 is 36.5 Å². The first-order valence-corrected chi connectivity index (χ1v) is 12.7. The van der Waals surface area contributed by atoms with Gasteiger partial charge in [0.1, 0.15) is 18.1 Å². The molecule has 3 amide bonds. The maximum atomic E-state index is 13.1. The fourth-order valence-corrected chi connectivity index (χ4v) is 4.05. The summed E-state index contributed by atoms with van der Waals surface area (Å²) in [5, 5.41) is 29.1. The third kappa shape index (κ3) is 9.56. The first kappa shape index (κ1) is 28.1. The molecule has 1 fully saturated rings. The maximum Gasteiger partial charge on any atom is 0.326 e. The van der Waals surface area contributed by atoms with Crippen LogP contribution in [-0.2, 0) is 30.4 Å². The third-order valence-corrected chi connectivity index (χ3v) is 6.14. The second kappa shape index (κ2) is 14.3. The van der Waals surface area contributed by atoms with E-state index in [2.05, 4.69) is 31.2 Å². The second-order valence-electron chi connectivity index (χ2n) is 8.17. The number of hydrogen-bond donors (Lipinski definition) is 7. The summed E-state index contributed by atoms with van der Waals surface area (Å²) in [6.07, 6.45) is 5.71. The van der Waals surface area contributed by atoms with Crippen molar-refractivity contribution in [3.8, 4) is 0 Å². The van der Waals surface area contributed by atoms with Crippen LogP contribution in [0.1, 0.15) is 37.8 Å². The van der Waals surface area contributed by atoms with E-state index in [0.717, 1.165) is 6.42 Å². The zero-order valence-electron chi connectivity index (χ0n) is 19.4. The molecule has 35 heavy (non-hydrogen) atoms. The molecule has 7 N–H and O–H groups in total. The van der Waals surface area contributed by atoms with E-state index in [1.807, 2.05) is 0 Å². The van der Waals surface area contributed by atoms with Gasteiger partial charge in [-0.05, 0) is 44.2 Å². The van der Waals surface area contributed by atoms with Crippen LogP contribution in [-0.4, -0.2) is 92.6 Å². The zero-order chi connectivity index (χ0) is 25.8. The molecule has 0 bridgehead atoms. The molecule has 1 saturated heterocycles. The third-order valence-electron chi connectivity index (χ3n) is 5.49. The topological polar surface area (TPSA) is 203 Å². The SMILES string of the molecule is CSCCC(NC(=O)C(CCC(=O)O)NC(=O)C(Cc1cnc[nH]1)NC(=O)C1CCCN1)C(=O)O. The van der Waals surface area contributed by atoms with Gasteiger partial charge in [-0.1, -0.05) is 0 Å². The van der Waals surface area contributed by atoms with Crippen molar-refractivity contribution in [1.29, 1.82) is 0 Å². The lowest BCUT2D eigenvalue weighted by molar-refractivity contribution is -0.143. The van der Waals surface area contributed by atoms with Crippen molar-refractivity contribution in [2.75, 3.05) is 18.6 Å². The molecule has 0 aromatic carbocycles. The van der Waals surface area contributed by atoms with Crippen LogP contribution in [0.3, 0.4) is 0 Å². The van der Waals surface area contributed by atoms with Crippen LogP contribution in [0.2, 0.25) is 0 Å². The van der Waals surface area contributed by atoms with Crippen LogP contribution < -0.4 is 21.3 Å². The van der Waals surface area contributed by atoms with E-state index in [1.165, 1.54) is 24.3 Å². The summed E-state index contributed by atoms with van der Waals surface area (Å²) in [5.74, 6) is -3.80. The Kier molecular flexibility index (Phi) is 11.5. The van der Waals surface area contributed by atoms with Gasteiger partial charge in [0.05, 0.1) is 12.4 Å². The maximum absolute atomic E-state index is 13.1. The van der Waals surface area contributed by atoms with Crippen LogP contribution in [0.15, 0.2) is 12.5 Å². The number of nitrogens with one attached hydrogen (secondary N) is 5. The fraction of sp³-hybridized carbons (Fsp3) is 0.619. The average Bonchev–Trinajstić information content (AvgIpc) is 3.52. The van der Waals surface area contributed by atoms with Gasteiger partial charge in [0.25, 0.3) is 0 Å². The molecule has 1 aliphatic heterocycles. The summed E-state index contributed by atoms with van der Waals surface area (Å²) in [6.45, 7) is 0.689. The number of carboxylic acids is 2. The average molecular weight is 513 g/mol. The number of nitrogens with zero attached hydrogens (tertiary/aromatic N) is 1. The number of carboxylic acid groups (broad SMARTS) is 2. The van der Waals surface area contributed by atoms with Gasteiger partial charge in [-0.2, -0.15) is 11.8 Å². The molecule has 0 saturated carbocycles. The second-order valence-corrected chi connectivity index (χ2v) is 9.15. The minimum atomic E-state index is -1.31. The number of aliphatic carboxylic acids is 2. The number of H-pyrrole nitrogens is 1. The van der Waals surface area contributed by atoms with E-state index in [-0.39, 0.29) is 25.2 Å². The van der Waals surface area contributed by atoms with Crippen molar-refractivity contribution in [2.45, 2.75) is 62.7 Å². The van der Waals surface area contributed by atoms with E-state index in [0.29, 0.717) is 24.4 Å². The normalized spacial score (nSPS) is 17.7. The summed E-state index contributed by atoms with van der Waals surface area (Å²) in [5.41, 5.74) is 0.569. The minimum absolute atomic E-state index is 0.0586. The summed E-state index contributed by atoms with van der Waals surface area (Å²) in [4.78, 5) is 68.0. The van der Waals surface area contributed by atoms with E-state index in [9.17, 15) is 29.1 Å². The Balaban J connectivity index is 2.14. The lowest BCUT2D eigenvalue weighted by atomic mass is 10.1. The Morgan fingerprint density at radius 2 is 1.80 bits per heavy atom. The largest absolute Gasteiger partial charge is 0.481 e. The van der Waals surface area contributed by atoms with Crippen LogP contribution in [0.4, 0.5) is 0 Å². The first-order chi connectivity index (χ1) is 16.7. The van der Waals surface area contributed by atoms with Gasteiger partial charge >= 0.3 is 11.9 Å². The van der Waals surface area contributed by atoms with Gasteiger partial charge in [-0.3, -0.25) is 19.2 Å². The Morgan fingerprint density at radius 1 is 1.09 bits per heavy atom. The van der Waals surface area contributed by atoms with Gasteiger partial charge in [-0.25, -0.2) is 9.78 Å².